The van der Waals surface area contributed by atoms with Gasteiger partial charge in [-0.25, -0.2) is 0 Å². The molecule has 1 aromatic rings. The first-order valence-corrected chi connectivity index (χ1v) is 7.57. The number of ether oxygens (including phenoxy) is 1. The van der Waals surface area contributed by atoms with Gasteiger partial charge in [-0.05, 0) is 17.9 Å². The average Bonchev–Trinajstić information content (AvgIpc) is 2.35. The molecule has 1 nitrogen and oxygen atoms in total. The Morgan fingerprint density at radius 2 is 2.00 bits per heavy atom. The Balaban J connectivity index is 2.18. The topological polar surface area (TPSA) is 9.23 Å². The summed E-state index contributed by atoms with van der Waals surface area (Å²) >= 11 is 2.46. The van der Waals surface area contributed by atoms with Gasteiger partial charge in [-0.2, -0.15) is 0 Å². The van der Waals surface area contributed by atoms with E-state index in [2.05, 4.69) is 53.8 Å². The molecule has 2 heteroatoms. The summed E-state index contributed by atoms with van der Waals surface area (Å²) in [5, 5.41) is 0. The number of hydrogen-bond donors (Lipinski definition) is 0. The first-order chi connectivity index (χ1) is 7.86. The molecule has 0 unspecified atom stereocenters. The summed E-state index contributed by atoms with van der Waals surface area (Å²) < 4.78 is 6.97. The minimum absolute atomic E-state index is 0.726. The highest BCUT2D eigenvalue weighted by atomic mass is 127. The Hall–Kier alpha value is -0.0900. The van der Waals surface area contributed by atoms with Crippen LogP contribution in [0.4, 0.5) is 0 Å². The molecule has 0 amide bonds. The van der Waals surface area contributed by atoms with Crippen molar-refractivity contribution < 1.29 is 4.74 Å². The summed E-state index contributed by atoms with van der Waals surface area (Å²) in [7, 11) is 0. The zero-order chi connectivity index (χ0) is 11.6. The summed E-state index contributed by atoms with van der Waals surface area (Å²) in [5.41, 5.74) is 1.27. The van der Waals surface area contributed by atoms with Crippen LogP contribution in [0.25, 0.3) is 0 Å². The van der Waals surface area contributed by atoms with E-state index in [1.165, 1.54) is 29.3 Å². The van der Waals surface area contributed by atoms with Gasteiger partial charge >= 0.3 is 0 Å². The van der Waals surface area contributed by atoms with E-state index in [1.807, 2.05) is 6.07 Å². The van der Waals surface area contributed by atoms with E-state index in [1.54, 1.807) is 0 Å². The highest BCUT2D eigenvalue weighted by Gasteiger charge is 2.06. The Morgan fingerprint density at radius 3 is 2.62 bits per heavy atom. The zero-order valence-electron chi connectivity index (χ0n) is 9.99. The molecule has 0 fully saturated rings. The molecule has 0 N–H and O–H groups in total. The summed E-state index contributed by atoms with van der Waals surface area (Å²) in [5.74, 6) is 0.726. The molecular weight excluding hydrogens is 311 g/mol. The van der Waals surface area contributed by atoms with Gasteiger partial charge in [-0.1, -0.05) is 72.7 Å². The molecule has 0 aromatic heterocycles. The van der Waals surface area contributed by atoms with E-state index in [0.29, 0.717) is 0 Å². The number of alkyl halides is 1. The van der Waals surface area contributed by atoms with E-state index in [-0.39, 0.29) is 0 Å². The second kappa shape index (κ2) is 8.99. The number of benzene rings is 1. The van der Waals surface area contributed by atoms with Crippen molar-refractivity contribution >= 4 is 22.6 Å². The van der Waals surface area contributed by atoms with Gasteiger partial charge in [0.1, 0.15) is 0 Å². The number of rotatable bonds is 8. The van der Waals surface area contributed by atoms with Gasteiger partial charge in [0.25, 0.3) is 0 Å². The van der Waals surface area contributed by atoms with Crippen molar-refractivity contribution in [2.75, 3.05) is 11.0 Å². The third-order valence-corrected chi connectivity index (χ3v) is 3.89. The van der Waals surface area contributed by atoms with Crippen LogP contribution in [0, 0.1) is 5.92 Å². The summed E-state index contributed by atoms with van der Waals surface area (Å²) in [6.07, 6.45) is 3.91. The predicted octanol–water partition coefficient (Wildman–Crippen LogP) is 4.44. The van der Waals surface area contributed by atoms with Crippen LogP contribution in [-0.2, 0) is 11.3 Å². The first-order valence-electron chi connectivity index (χ1n) is 6.04. The van der Waals surface area contributed by atoms with Gasteiger partial charge in [0.15, 0.2) is 0 Å². The molecule has 1 aromatic carbocycles. The number of halogens is 1. The van der Waals surface area contributed by atoms with Crippen molar-refractivity contribution in [2.45, 2.75) is 32.8 Å². The minimum atomic E-state index is 0.726. The van der Waals surface area contributed by atoms with Gasteiger partial charge in [-0.3, -0.25) is 0 Å². The van der Waals surface area contributed by atoms with Gasteiger partial charge in [0, 0.05) is 4.43 Å². The lowest BCUT2D eigenvalue weighted by molar-refractivity contribution is 0.0910. The van der Waals surface area contributed by atoms with Crippen LogP contribution < -0.4 is 0 Å². The molecule has 0 saturated carbocycles. The van der Waals surface area contributed by atoms with Crippen LogP contribution >= 0.6 is 22.6 Å². The zero-order valence-corrected chi connectivity index (χ0v) is 12.2. The molecule has 0 heterocycles. The summed E-state index contributed by atoms with van der Waals surface area (Å²) in [4.78, 5) is 0. The summed E-state index contributed by atoms with van der Waals surface area (Å²) in [6, 6.07) is 10.4. The minimum Gasteiger partial charge on any atom is -0.376 e. The standard InChI is InChI=1S/C14H21IO/c1-2-3-7-14(10-15)12-16-11-13-8-5-4-6-9-13/h4-6,8-9,14H,2-3,7,10-12H2,1H3/t14-/m0/s1. The van der Waals surface area contributed by atoms with Crippen LogP contribution in [-0.4, -0.2) is 11.0 Å². The smallest absolute Gasteiger partial charge is 0.0717 e. The van der Waals surface area contributed by atoms with Gasteiger partial charge in [-0.15, -0.1) is 0 Å². The highest BCUT2D eigenvalue weighted by Crippen LogP contribution is 2.13. The third-order valence-electron chi connectivity index (χ3n) is 2.65. The molecule has 0 saturated heterocycles. The SMILES string of the molecule is CCCC[C@@H](CI)COCc1ccccc1. The van der Waals surface area contributed by atoms with Crippen molar-refractivity contribution in [2.24, 2.45) is 5.92 Å². The second-order valence-electron chi connectivity index (χ2n) is 4.16. The van der Waals surface area contributed by atoms with Gasteiger partial charge < -0.3 is 4.74 Å². The van der Waals surface area contributed by atoms with Crippen LogP contribution in [0.15, 0.2) is 30.3 Å². The summed E-state index contributed by atoms with van der Waals surface area (Å²) in [6.45, 7) is 3.90. The van der Waals surface area contributed by atoms with Crippen molar-refractivity contribution in [3.8, 4) is 0 Å². The number of hydrogen-bond acceptors (Lipinski definition) is 1. The molecule has 0 aliphatic carbocycles. The van der Waals surface area contributed by atoms with E-state index in [0.717, 1.165) is 19.1 Å². The van der Waals surface area contributed by atoms with Gasteiger partial charge in [0.05, 0.1) is 13.2 Å². The molecule has 16 heavy (non-hydrogen) atoms. The molecule has 0 aliphatic heterocycles. The van der Waals surface area contributed by atoms with E-state index in [9.17, 15) is 0 Å². The maximum absolute atomic E-state index is 5.76. The fourth-order valence-electron chi connectivity index (χ4n) is 1.62. The molecular formula is C14H21IO. The normalized spacial score (nSPS) is 12.6. The van der Waals surface area contributed by atoms with Crippen LogP contribution in [0.2, 0.25) is 0 Å². The van der Waals surface area contributed by atoms with Crippen molar-refractivity contribution in [1.29, 1.82) is 0 Å². The van der Waals surface area contributed by atoms with Crippen molar-refractivity contribution in [1.82, 2.24) is 0 Å². The molecule has 0 aliphatic rings. The highest BCUT2D eigenvalue weighted by molar-refractivity contribution is 14.1. The van der Waals surface area contributed by atoms with E-state index >= 15 is 0 Å². The van der Waals surface area contributed by atoms with Crippen LogP contribution in [0.5, 0.6) is 0 Å². The van der Waals surface area contributed by atoms with E-state index < -0.39 is 0 Å². The molecule has 0 radical (unpaired) electrons. The second-order valence-corrected chi connectivity index (χ2v) is 5.04. The lowest BCUT2D eigenvalue weighted by Crippen LogP contribution is -2.11. The Kier molecular flexibility index (Phi) is 7.85. The molecule has 1 atom stereocenters. The Bertz CT molecular complexity index is 261. The largest absolute Gasteiger partial charge is 0.376 e. The molecule has 90 valence electrons. The fraction of sp³-hybridized carbons (Fsp3) is 0.571. The molecule has 0 bridgehead atoms. The lowest BCUT2D eigenvalue weighted by atomic mass is 10.1. The lowest BCUT2D eigenvalue weighted by Gasteiger charge is -2.13. The monoisotopic (exact) mass is 332 g/mol. The van der Waals surface area contributed by atoms with E-state index in [4.69, 9.17) is 4.74 Å². The Morgan fingerprint density at radius 1 is 1.25 bits per heavy atom. The van der Waals surface area contributed by atoms with Crippen LogP contribution in [0.1, 0.15) is 31.7 Å². The maximum Gasteiger partial charge on any atom is 0.0717 e. The fourth-order valence-corrected chi connectivity index (χ4v) is 2.31. The predicted molar refractivity (Wildman–Crippen MR) is 78.0 cm³/mol. The van der Waals surface area contributed by atoms with Crippen molar-refractivity contribution in [3.63, 3.8) is 0 Å². The maximum atomic E-state index is 5.76. The Labute approximate surface area is 113 Å². The van der Waals surface area contributed by atoms with Gasteiger partial charge in [0.2, 0.25) is 0 Å². The molecule has 1 rings (SSSR count). The van der Waals surface area contributed by atoms with Crippen molar-refractivity contribution in [3.05, 3.63) is 35.9 Å². The number of unbranched alkanes of at least 4 members (excludes halogenated alkanes) is 1. The first kappa shape index (κ1) is 14.0. The molecule has 0 spiro atoms. The average molecular weight is 332 g/mol. The van der Waals surface area contributed by atoms with Crippen LogP contribution in [0.3, 0.4) is 0 Å². The third kappa shape index (κ3) is 5.85. The quantitative estimate of drug-likeness (QED) is 0.505.